The van der Waals surface area contributed by atoms with Crippen molar-refractivity contribution in [3.63, 3.8) is 0 Å². The first-order valence-corrected chi connectivity index (χ1v) is 6.59. The Morgan fingerprint density at radius 3 is 2.44 bits per heavy atom. The maximum Gasteiger partial charge on any atom is 0.220 e. The maximum absolute atomic E-state index is 11.5. The molecule has 1 heterocycles. The van der Waals surface area contributed by atoms with Crippen molar-refractivity contribution >= 4 is 5.91 Å². The van der Waals surface area contributed by atoms with Crippen molar-refractivity contribution in [2.24, 2.45) is 0 Å². The monoisotopic (exact) mass is 260 g/mol. The highest BCUT2D eigenvalue weighted by molar-refractivity contribution is 5.75. The second kappa shape index (κ2) is 7.68. The average Bonchev–Trinajstić information content (AvgIpc) is 2.64. The number of hydrogen-bond donors (Lipinski definition) is 5. The molecule has 106 valence electrons. The third kappa shape index (κ3) is 4.20. The largest absolute Gasteiger partial charge is 0.395 e. The highest BCUT2D eigenvalue weighted by Gasteiger charge is 2.40. The third-order valence-corrected chi connectivity index (χ3v) is 3.33. The zero-order valence-electron chi connectivity index (χ0n) is 10.8. The van der Waals surface area contributed by atoms with Crippen LogP contribution in [0.1, 0.15) is 32.6 Å². The minimum Gasteiger partial charge on any atom is -0.395 e. The van der Waals surface area contributed by atoms with Crippen LogP contribution < -0.4 is 10.6 Å². The summed E-state index contributed by atoms with van der Waals surface area (Å²) in [6.45, 7) is 2.10. The number of carbonyl (C=O) groups is 1. The molecule has 0 bridgehead atoms. The number of aliphatic hydroxyl groups is 3. The van der Waals surface area contributed by atoms with Gasteiger partial charge >= 0.3 is 0 Å². The van der Waals surface area contributed by atoms with E-state index in [2.05, 4.69) is 17.6 Å². The first kappa shape index (κ1) is 15.4. The van der Waals surface area contributed by atoms with E-state index in [1.807, 2.05) is 0 Å². The fraction of sp³-hybridized carbons (Fsp3) is 0.917. The second-order valence-corrected chi connectivity index (χ2v) is 4.80. The van der Waals surface area contributed by atoms with Crippen LogP contribution in [0.15, 0.2) is 0 Å². The summed E-state index contributed by atoms with van der Waals surface area (Å²) in [5, 5.41) is 33.9. The van der Waals surface area contributed by atoms with Crippen molar-refractivity contribution in [2.75, 3.05) is 13.2 Å². The molecule has 1 saturated heterocycles. The van der Waals surface area contributed by atoms with E-state index in [1.165, 1.54) is 0 Å². The maximum atomic E-state index is 11.5. The Morgan fingerprint density at radius 1 is 1.22 bits per heavy atom. The fourth-order valence-corrected chi connectivity index (χ4v) is 2.14. The van der Waals surface area contributed by atoms with Crippen LogP contribution in [0.5, 0.6) is 0 Å². The summed E-state index contributed by atoms with van der Waals surface area (Å²) in [6, 6.07) is -0.936. The molecule has 0 aliphatic carbocycles. The molecule has 0 aromatic heterocycles. The molecule has 6 nitrogen and oxygen atoms in total. The normalized spacial score (nSPS) is 31.6. The van der Waals surface area contributed by atoms with Gasteiger partial charge in [-0.2, -0.15) is 0 Å². The molecule has 0 spiro atoms. The van der Waals surface area contributed by atoms with Crippen molar-refractivity contribution in [3.05, 3.63) is 0 Å². The Kier molecular flexibility index (Phi) is 6.56. The molecule has 18 heavy (non-hydrogen) atoms. The van der Waals surface area contributed by atoms with E-state index in [4.69, 9.17) is 5.11 Å². The topological polar surface area (TPSA) is 102 Å². The van der Waals surface area contributed by atoms with Crippen LogP contribution in [-0.2, 0) is 4.79 Å². The van der Waals surface area contributed by atoms with Crippen LogP contribution in [0, 0.1) is 0 Å². The molecule has 5 N–H and O–H groups in total. The molecule has 1 rings (SSSR count). The Bertz CT molecular complexity index is 262. The number of aliphatic hydroxyl groups excluding tert-OH is 3. The molecule has 0 aromatic rings. The number of hydrogen-bond acceptors (Lipinski definition) is 5. The minimum atomic E-state index is -0.989. The average molecular weight is 260 g/mol. The van der Waals surface area contributed by atoms with Gasteiger partial charge in [-0.15, -0.1) is 0 Å². The van der Waals surface area contributed by atoms with Gasteiger partial charge in [-0.05, 0) is 6.42 Å². The predicted octanol–water partition coefficient (Wildman–Crippen LogP) is -1.26. The van der Waals surface area contributed by atoms with Crippen molar-refractivity contribution in [1.82, 2.24) is 10.6 Å². The van der Waals surface area contributed by atoms with Gasteiger partial charge < -0.3 is 26.0 Å². The molecule has 0 saturated carbocycles. The van der Waals surface area contributed by atoms with E-state index in [0.29, 0.717) is 6.42 Å². The van der Waals surface area contributed by atoms with Gasteiger partial charge in [-0.3, -0.25) is 4.79 Å². The van der Waals surface area contributed by atoms with Crippen molar-refractivity contribution in [3.8, 4) is 0 Å². The Labute approximate surface area is 107 Å². The van der Waals surface area contributed by atoms with E-state index < -0.39 is 24.3 Å². The van der Waals surface area contributed by atoms with Gasteiger partial charge in [-0.25, -0.2) is 0 Å². The summed E-state index contributed by atoms with van der Waals surface area (Å²) >= 11 is 0. The summed E-state index contributed by atoms with van der Waals surface area (Å²) in [6.07, 6.45) is 1.51. The molecule has 1 fully saturated rings. The lowest BCUT2D eigenvalue weighted by molar-refractivity contribution is -0.121. The lowest BCUT2D eigenvalue weighted by Crippen LogP contribution is -2.44. The summed E-state index contributed by atoms with van der Waals surface area (Å²) < 4.78 is 0. The number of amides is 1. The molecule has 1 aliphatic heterocycles. The Hall–Kier alpha value is -0.690. The zero-order valence-corrected chi connectivity index (χ0v) is 10.8. The number of unbranched alkanes of at least 4 members (excludes halogenated alkanes) is 2. The molecule has 0 unspecified atom stereocenters. The summed E-state index contributed by atoms with van der Waals surface area (Å²) in [5.74, 6) is -0.0422. The van der Waals surface area contributed by atoms with Crippen LogP contribution in [0.2, 0.25) is 0 Å². The van der Waals surface area contributed by atoms with Crippen LogP contribution in [0.25, 0.3) is 0 Å². The molecular formula is C12H24N2O4. The Balaban J connectivity index is 2.25. The first-order valence-electron chi connectivity index (χ1n) is 6.59. The van der Waals surface area contributed by atoms with E-state index in [0.717, 1.165) is 19.3 Å². The molecule has 6 heteroatoms. The molecule has 4 atom stereocenters. The number of rotatable bonds is 7. The van der Waals surface area contributed by atoms with E-state index in [1.54, 1.807) is 0 Å². The quantitative estimate of drug-likeness (QED) is 0.368. The van der Waals surface area contributed by atoms with Crippen molar-refractivity contribution < 1.29 is 20.1 Å². The van der Waals surface area contributed by atoms with E-state index >= 15 is 0 Å². The highest BCUT2D eigenvalue weighted by Crippen LogP contribution is 2.13. The predicted molar refractivity (Wildman–Crippen MR) is 67.0 cm³/mol. The van der Waals surface area contributed by atoms with Gasteiger partial charge in [0.1, 0.15) is 0 Å². The van der Waals surface area contributed by atoms with E-state index in [9.17, 15) is 15.0 Å². The summed E-state index contributed by atoms with van der Waals surface area (Å²) in [7, 11) is 0. The molecule has 1 aliphatic rings. The first-order chi connectivity index (χ1) is 8.60. The number of carbonyl (C=O) groups excluding carboxylic acids is 1. The van der Waals surface area contributed by atoms with Crippen LogP contribution in [-0.4, -0.2) is 58.7 Å². The van der Waals surface area contributed by atoms with E-state index in [-0.39, 0.29) is 19.1 Å². The standard InChI is InChI=1S/C12H24N2O4/c1-2-3-4-5-10(16)13-6-8-11(17)12(18)9(7-15)14-8/h8-9,11-12,14-15,17-18H,2-7H2,1H3,(H,13,16)/t8-,9-,11-,12-/m1/s1. The summed E-state index contributed by atoms with van der Waals surface area (Å²) in [4.78, 5) is 11.5. The van der Waals surface area contributed by atoms with Gasteiger partial charge in [0.25, 0.3) is 0 Å². The molecule has 0 aromatic carbocycles. The van der Waals surface area contributed by atoms with Crippen LogP contribution >= 0.6 is 0 Å². The lowest BCUT2D eigenvalue weighted by atomic mass is 10.1. The molecule has 1 amide bonds. The van der Waals surface area contributed by atoms with Crippen LogP contribution in [0.3, 0.4) is 0 Å². The summed E-state index contributed by atoms with van der Waals surface area (Å²) in [5.41, 5.74) is 0. The smallest absolute Gasteiger partial charge is 0.220 e. The van der Waals surface area contributed by atoms with Gasteiger partial charge in [0, 0.05) is 13.0 Å². The fourth-order valence-electron chi connectivity index (χ4n) is 2.14. The lowest BCUT2D eigenvalue weighted by Gasteiger charge is -2.16. The minimum absolute atomic E-state index is 0.0422. The second-order valence-electron chi connectivity index (χ2n) is 4.80. The molecule has 0 radical (unpaired) electrons. The van der Waals surface area contributed by atoms with Crippen LogP contribution in [0.4, 0.5) is 0 Å². The zero-order chi connectivity index (χ0) is 13.5. The SMILES string of the molecule is CCCCCC(=O)NC[C@H]1N[C@H](CO)[C@@H](O)[C@@H]1O. The van der Waals surface area contributed by atoms with Crippen molar-refractivity contribution in [2.45, 2.75) is 56.9 Å². The third-order valence-electron chi connectivity index (χ3n) is 3.33. The molecular weight excluding hydrogens is 236 g/mol. The van der Waals surface area contributed by atoms with Gasteiger partial charge in [0.05, 0.1) is 30.9 Å². The van der Waals surface area contributed by atoms with Gasteiger partial charge in [0.15, 0.2) is 0 Å². The Morgan fingerprint density at radius 2 is 1.89 bits per heavy atom. The van der Waals surface area contributed by atoms with Crippen molar-refractivity contribution in [1.29, 1.82) is 0 Å². The number of nitrogens with one attached hydrogen (secondary N) is 2. The highest BCUT2D eigenvalue weighted by atomic mass is 16.3. The van der Waals surface area contributed by atoms with Gasteiger partial charge in [-0.1, -0.05) is 19.8 Å². The van der Waals surface area contributed by atoms with Gasteiger partial charge in [0.2, 0.25) is 5.91 Å².